The number of nitrogens with one attached hydrogen (secondary N) is 1. The molecule has 1 amide bonds. The molecule has 0 saturated carbocycles. The first kappa shape index (κ1) is 16.8. The van der Waals surface area contributed by atoms with Gasteiger partial charge in [0.1, 0.15) is 11.3 Å². The molecular formula is C20H19NO4. The number of ether oxygens (including phenoxy) is 1. The Morgan fingerprint density at radius 1 is 1.08 bits per heavy atom. The summed E-state index contributed by atoms with van der Waals surface area (Å²) in [5, 5.41) is 3.67. The van der Waals surface area contributed by atoms with Crippen molar-refractivity contribution in [3.63, 3.8) is 0 Å². The van der Waals surface area contributed by atoms with Crippen molar-refractivity contribution >= 4 is 22.6 Å². The standard InChI is InChI=1S/C20H19NO4/c1-12-4-5-13(2)17(10-12)21-20(23)14(3)24-16-8-6-15-7-9-19(22)25-18(15)11-16/h4-11,14H,1-3H3,(H,21,23). The molecule has 2 aromatic carbocycles. The van der Waals surface area contributed by atoms with Gasteiger partial charge in [0.25, 0.3) is 5.91 Å². The van der Waals surface area contributed by atoms with Crippen molar-refractivity contribution in [1.29, 1.82) is 0 Å². The Morgan fingerprint density at radius 3 is 2.64 bits per heavy atom. The average Bonchev–Trinajstić information content (AvgIpc) is 2.57. The van der Waals surface area contributed by atoms with Crippen LogP contribution in [0.1, 0.15) is 18.1 Å². The monoisotopic (exact) mass is 337 g/mol. The molecule has 25 heavy (non-hydrogen) atoms. The smallest absolute Gasteiger partial charge is 0.336 e. The van der Waals surface area contributed by atoms with Gasteiger partial charge >= 0.3 is 5.63 Å². The van der Waals surface area contributed by atoms with E-state index >= 15 is 0 Å². The molecule has 3 rings (SSSR count). The lowest BCUT2D eigenvalue weighted by Gasteiger charge is -2.16. The third-order valence-electron chi connectivity index (χ3n) is 3.93. The number of amides is 1. The van der Waals surface area contributed by atoms with Crippen LogP contribution in [0.15, 0.2) is 57.7 Å². The maximum absolute atomic E-state index is 12.4. The van der Waals surface area contributed by atoms with E-state index in [-0.39, 0.29) is 5.91 Å². The third-order valence-corrected chi connectivity index (χ3v) is 3.93. The van der Waals surface area contributed by atoms with Crippen molar-refractivity contribution in [2.45, 2.75) is 26.9 Å². The average molecular weight is 337 g/mol. The lowest BCUT2D eigenvalue weighted by atomic mass is 10.1. The van der Waals surface area contributed by atoms with Gasteiger partial charge in [-0.1, -0.05) is 12.1 Å². The van der Waals surface area contributed by atoms with E-state index in [9.17, 15) is 9.59 Å². The zero-order chi connectivity index (χ0) is 18.0. The van der Waals surface area contributed by atoms with Crippen molar-refractivity contribution in [3.8, 4) is 5.75 Å². The van der Waals surface area contributed by atoms with Crippen LogP contribution in [0.4, 0.5) is 5.69 Å². The number of rotatable bonds is 4. The van der Waals surface area contributed by atoms with Crippen LogP contribution in [0.3, 0.4) is 0 Å². The second-order valence-electron chi connectivity index (χ2n) is 6.02. The highest BCUT2D eigenvalue weighted by atomic mass is 16.5. The Hall–Kier alpha value is -3.08. The first-order valence-electron chi connectivity index (χ1n) is 8.01. The topological polar surface area (TPSA) is 68.5 Å². The molecule has 3 aromatic rings. The Labute approximate surface area is 145 Å². The van der Waals surface area contributed by atoms with E-state index in [4.69, 9.17) is 9.15 Å². The van der Waals surface area contributed by atoms with Crippen LogP contribution in [-0.4, -0.2) is 12.0 Å². The molecule has 1 aromatic heterocycles. The molecule has 5 heteroatoms. The van der Waals surface area contributed by atoms with E-state index in [0.717, 1.165) is 22.2 Å². The molecule has 5 nitrogen and oxygen atoms in total. The molecule has 1 N–H and O–H groups in total. The lowest BCUT2D eigenvalue weighted by Crippen LogP contribution is -2.30. The van der Waals surface area contributed by atoms with Crippen LogP contribution in [0, 0.1) is 13.8 Å². The Morgan fingerprint density at radius 2 is 1.84 bits per heavy atom. The summed E-state index contributed by atoms with van der Waals surface area (Å²) < 4.78 is 10.8. The van der Waals surface area contributed by atoms with Gasteiger partial charge in [0.05, 0.1) is 0 Å². The van der Waals surface area contributed by atoms with Crippen LogP contribution in [0.2, 0.25) is 0 Å². The van der Waals surface area contributed by atoms with Gasteiger partial charge in [-0.25, -0.2) is 4.79 Å². The number of benzene rings is 2. The summed E-state index contributed by atoms with van der Waals surface area (Å²) in [6, 6.07) is 14.1. The van der Waals surface area contributed by atoms with Gasteiger partial charge in [0, 0.05) is 23.2 Å². The van der Waals surface area contributed by atoms with Gasteiger partial charge in [0.15, 0.2) is 6.10 Å². The van der Waals surface area contributed by atoms with Crippen molar-refractivity contribution in [2.24, 2.45) is 0 Å². The van der Waals surface area contributed by atoms with E-state index in [0.29, 0.717) is 11.3 Å². The predicted octanol–water partition coefficient (Wildman–Crippen LogP) is 3.82. The van der Waals surface area contributed by atoms with Crippen LogP contribution in [0.25, 0.3) is 11.0 Å². The summed E-state index contributed by atoms with van der Waals surface area (Å²) in [4.78, 5) is 23.7. The van der Waals surface area contributed by atoms with E-state index < -0.39 is 11.7 Å². The number of carbonyl (C=O) groups excluding carboxylic acids is 1. The van der Waals surface area contributed by atoms with Crippen LogP contribution >= 0.6 is 0 Å². The van der Waals surface area contributed by atoms with E-state index in [1.54, 1.807) is 31.2 Å². The SMILES string of the molecule is Cc1ccc(C)c(NC(=O)C(C)Oc2ccc3ccc(=O)oc3c2)c1. The molecular weight excluding hydrogens is 318 g/mol. The first-order valence-corrected chi connectivity index (χ1v) is 8.01. The largest absolute Gasteiger partial charge is 0.481 e. The van der Waals surface area contributed by atoms with E-state index in [2.05, 4.69) is 5.32 Å². The molecule has 0 radical (unpaired) electrons. The fourth-order valence-electron chi connectivity index (χ4n) is 2.48. The normalized spacial score (nSPS) is 12.0. The molecule has 1 atom stereocenters. The maximum Gasteiger partial charge on any atom is 0.336 e. The fourth-order valence-corrected chi connectivity index (χ4v) is 2.48. The summed E-state index contributed by atoms with van der Waals surface area (Å²) in [7, 11) is 0. The van der Waals surface area contributed by atoms with Crippen molar-refractivity contribution < 1.29 is 13.9 Å². The molecule has 0 aliphatic heterocycles. The predicted molar refractivity (Wildman–Crippen MR) is 97.1 cm³/mol. The molecule has 128 valence electrons. The summed E-state index contributed by atoms with van der Waals surface area (Å²) >= 11 is 0. The highest BCUT2D eigenvalue weighted by molar-refractivity contribution is 5.95. The van der Waals surface area contributed by atoms with Gasteiger partial charge in [-0.05, 0) is 56.2 Å². The summed E-state index contributed by atoms with van der Waals surface area (Å²) in [6.45, 7) is 5.58. The minimum absolute atomic E-state index is 0.247. The Balaban J connectivity index is 1.75. The maximum atomic E-state index is 12.4. The fraction of sp³-hybridized carbons (Fsp3) is 0.200. The number of aryl methyl sites for hydroxylation is 2. The molecule has 0 spiro atoms. The van der Waals surface area contributed by atoms with Crippen molar-refractivity contribution in [2.75, 3.05) is 5.32 Å². The Kier molecular flexibility index (Phi) is 4.57. The van der Waals surface area contributed by atoms with Gasteiger partial charge in [-0.3, -0.25) is 4.79 Å². The first-order chi connectivity index (χ1) is 11.9. The second kappa shape index (κ2) is 6.81. The van der Waals surface area contributed by atoms with Gasteiger partial charge < -0.3 is 14.5 Å². The van der Waals surface area contributed by atoms with E-state index in [1.165, 1.54) is 6.07 Å². The minimum atomic E-state index is -0.701. The summed E-state index contributed by atoms with van der Waals surface area (Å²) in [6.07, 6.45) is -0.701. The zero-order valence-corrected chi connectivity index (χ0v) is 14.3. The van der Waals surface area contributed by atoms with Gasteiger partial charge in [0.2, 0.25) is 0 Å². The minimum Gasteiger partial charge on any atom is -0.481 e. The lowest BCUT2D eigenvalue weighted by molar-refractivity contribution is -0.122. The quantitative estimate of drug-likeness (QED) is 0.735. The third kappa shape index (κ3) is 3.88. The number of hydrogen-bond donors (Lipinski definition) is 1. The number of hydrogen-bond acceptors (Lipinski definition) is 4. The molecule has 0 bridgehead atoms. The second-order valence-corrected chi connectivity index (χ2v) is 6.02. The molecule has 0 fully saturated rings. The molecule has 0 saturated heterocycles. The van der Waals surface area contributed by atoms with Crippen LogP contribution < -0.4 is 15.7 Å². The highest BCUT2D eigenvalue weighted by Crippen LogP contribution is 2.21. The number of anilines is 1. The summed E-state index contributed by atoms with van der Waals surface area (Å²) in [5.74, 6) is 0.216. The van der Waals surface area contributed by atoms with Gasteiger partial charge in [-0.15, -0.1) is 0 Å². The number of carbonyl (C=O) groups is 1. The van der Waals surface area contributed by atoms with Gasteiger partial charge in [-0.2, -0.15) is 0 Å². The molecule has 0 aliphatic carbocycles. The van der Waals surface area contributed by atoms with Crippen LogP contribution in [0.5, 0.6) is 5.75 Å². The Bertz CT molecular complexity index is 990. The number of fused-ring (bicyclic) bond motifs is 1. The van der Waals surface area contributed by atoms with Crippen LogP contribution in [-0.2, 0) is 4.79 Å². The molecule has 1 heterocycles. The van der Waals surface area contributed by atoms with Crippen molar-refractivity contribution in [3.05, 3.63) is 70.1 Å². The highest BCUT2D eigenvalue weighted by Gasteiger charge is 2.16. The van der Waals surface area contributed by atoms with E-state index in [1.807, 2.05) is 32.0 Å². The zero-order valence-electron chi connectivity index (χ0n) is 14.3. The van der Waals surface area contributed by atoms with Crippen molar-refractivity contribution in [1.82, 2.24) is 0 Å². The molecule has 0 aliphatic rings. The summed E-state index contributed by atoms with van der Waals surface area (Å²) in [5.41, 5.74) is 2.82. The molecule has 1 unspecified atom stereocenters.